The maximum atomic E-state index is 12.4. The summed E-state index contributed by atoms with van der Waals surface area (Å²) < 4.78 is 0. The Bertz CT molecular complexity index is 656. The van der Waals surface area contributed by atoms with Crippen molar-refractivity contribution >= 4 is 11.7 Å². The number of benzene rings is 1. The number of aryl methyl sites for hydroxylation is 2. The zero-order chi connectivity index (χ0) is 16.8. The summed E-state index contributed by atoms with van der Waals surface area (Å²) in [4.78, 5) is 18.0. The Kier molecular flexibility index (Phi) is 5.71. The lowest BCUT2D eigenvalue weighted by atomic mass is 10.1. The van der Waals surface area contributed by atoms with E-state index in [-0.39, 0.29) is 12.6 Å². The number of urea groups is 1. The SMILES string of the molecule is CCN(CC(O)c1ccc(C)cc1)C(=O)Nc1ccnc(C)c1. The predicted molar refractivity (Wildman–Crippen MR) is 91.4 cm³/mol. The molecule has 5 nitrogen and oxygen atoms in total. The van der Waals surface area contributed by atoms with Crippen LogP contribution in [-0.4, -0.2) is 34.1 Å². The minimum atomic E-state index is -0.708. The summed E-state index contributed by atoms with van der Waals surface area (Å²) in [6.45, 7) is 6.51. The quantitative estimate of drug-likeness (QED) is 0.890. The van der Waals surface area contributed by atoms with E-state index in [4.69, 9.17) is 0 Å². The van der Waals surface area contributed by atoms with Gasteiger partial charge < -0.3 is 15.3 Å². The van der Waals surface area contributed by atoms with Crippen LogP contribution in [0.5, 0.6) is 0 Å². The molecular weight excluding hydrogens is 290 g/mol. The second-order valence-corrected chi connectivity index (χ2v) is 5.58. The van der Waals surface area contributed by atoms with Gasteiger partial charge in [-0.1, -0.05) is 29.8 Å². The molecule has 0 saturated carbocycles. The van der Waals surface area contributed by atoms with E-state index in [0.29, 0.717) is 12.2 Å². The van der Waals surface area contributed by atoms with E-state index < -0.39 is 6.10 Å². The highest BCUT2D eigenvalue weighted by molar-refractivity contribution is 5.89. The molecule has 0 radical (unpaired) electrons. The van der Waals surface area contributed by atoms with Crippen LogP contribution in [0.4, 0.5) is 10.5 Å². The van der Waals surface area contributed by atoms with Gasteiger partial charge in [0.05, 0.1) is 12.6 Å². The van der Waals surface area contributed by atoms with Crippen LogP contribution in [0.2, 0.25) is 0 Å². The van der Waals surface area contributed by atoms with Crippen LogP contribution in [0.25, 0.3) is 0 Å². The first-order valence-corrected chi connectivity index (χ1v) is 7.72. The Morgan fingerprint density at radius 2 is 1.96 bits per heavy atom. The molecule has 1 atom stereocenters. The first-order chi connectivity index (χ1) is 11.0. The van der Waals surface area contributed by atoms with E-state index in [0.717, 1.165) is 16.8 Å². The number of aliphatic hydroxyl groups is 1. The molecule has 0 spiro atoms. The zero-order valence-electron chi connectivity index (χ0n) is 13.8. The second kappa shape index (κ2) is 7.74. The number of aromatic nitrogens is 1. The van der Waals surface area contributed by atoms with Gasteiger partial charge in [-0.3, -0.25) is 4.98 Å². The number of pyridine rings is 1. The van der Waals surface area contributed by atoms with Gasteiger partial charge in [-0.25, -0.2) is 4.79 Å². The van der Waals surface area contributed by atoms with Crippen molar-refractivity contribution in [3.05, 3.63) is 59.4 Å². The summed E-state index contributed by atoms with van der Waals surface area (Å²) in [6.07, 6.45) is 0.947. The molecule has 0 aliphatic carbocycles. The van der Waals surface area contributed by atoms with Crippen LogP contribution in [0.1, 0.15) is 29.8 Å². The van der Waals surface area contributed by atoms with E-state index in [1.807, 2.05) is 51.1 Å². The molecule has 0 aliphatic heterocycles. The van der Waals surface area contributed by atoms with Crippen LogP contribution in [0.3, 0.4) is 0 Å². The molecule has 2 aromatic rings. The molecule has 23 heavy (non-hydrogen) atoms. The van der Waals surface area contributed by atoms with Crippen molar-refractivity contribution in [1.82, 2.24) is 9.88 Å². The van der Waals surface area contributed by atoms with Crippen LogP contribution in [0, 0.1) is 13.8 Å². The molecule has 0 fully saturated rings. The van der Waals surface area contributed by atoms with Gasteiger partial charge in [0.25, 0.3) is 0 Å². The van der Waals surface area contributed by atoms with Crippen molar-refractivity contribution in [3.63, 3.8) is 0 Å². The normalized spacial score (nSPS) is 11.8. The van der Waals surface area contributed by atoms with E-state index in [9.17, 15) is 9.90 Å². The average Bonchev–Trinajstić information content (AvgIpc) is 2.53. The van der Waals surface area contributed by atoms with Crippen molar-refractivity contribution in [2.24, 2.45) is 0 Å². The minimum Gasteiger partial charge on any atom is -0.387 e. The Hall–Kier alpha value is -2.40. The molecule has 1 heterocycles. The number of nitrogens with zero attached hydrogens (tertiary/aromatic N) is 2. The Morgan fingerprint density at radius 1 is 1.26 bits per heavy atom. The number of aliphatic hydroxyl groups excluding tert-OH is 1. The van der Waals surface area contributed by atoms with Crippen molar-refractivity contribution in [3.8, 4) is 0 Å². The maximum Gasteiger partial charge on any atom is 0.321 e. The fourth-order valence-corrected chi connectivity index (χ4v) is 2.28. The van der Waals surface area contributed by atoms with Crippen molar-refractivity contribution in [2.45, 2.75) is 26.9 Å². The van der Waals surface area contributed by atoms with Crippen molar-refractivity contribution in [2.75, 3.05) is 18.4 Å². The topological polar surface area (TPSA) is 65.5 Å². The highest BCUT2D eigenvalue weighted by atomic mass is 16.3. The summed E-state index contributed by atoms with van der Waals surface area (Å²) >= 11 is 0. The standard InChI is InChI=1S/C18H23N3O2/c1-4-21(12-17(22)15-7-5-13(2)6-8-15)18(23)20-16-9-10-19-14(3)11-16/h5-11,17,22H,4,12H2,1-3H3,(H,19,20,23). The number of rotatable bonds is 5. The van der Waals surface area contributed by atoms with Gasteiger partial charge in [-0.2, -0.15) is 0 Å². The predicted octanol–water partition coefficient (Wildman–Crippen LogP) is 3.29. The van der Waals surface area contributed by atoms with Gasteiger partial charge in [0.15, 0.2) is 0 Å². The molecule has 0 saturated heterocycles. The van der Waals surface area contributed by atoms with Gasteiger partial charge in [0, 0.05) is 24.1 Å². The number of likely N-dealkylation sites (N-methyl/N-ethyl adjacent to an activating group) is 1. The molecule has 1 unspecified atom stereocenters. The van der Waals surface area contributed by atoms with Crippen LogP contribution < -0.4 is 5.32 Å². The van der Waals surface area contributed by atoms with Gasteiger partial charge in [-0.05, 0) is 38.5 Å². The van der Waals surface area contributed by atoms with Gasteiger partial charge in [0.1, 0.15) is 0 Å². The molecule has 5 heteroatoms. The van der Waals surface area contributed by atoms with Gasteiger partial charge in [0.2, 0.25) is 0 Å². The number of carbonyl (C=O) groups excluding carboxylic acids is 1. The molecule has 2 N–H and O–H groups in total. The molecule has 0 bridgehead atoms. The van der Waals surface area contributed by atoms with Gasteiger partial charge >= 0.3 is 6.03 Å². The third kappa shape index (κ3) is 4.79. The molecular formula is C18H23N3O2. The molecule has 2 amide bonds. The number of hydrogen-bond acceptors (Lipinski definition) is 3. The number of amides is 2. The highest BCUT2D eigenvalue weighted by Gasteiger charge is 2.17. The lowest BCUT2D eigenvalue weighted by Crippen LogP contribution is -2.37. The zero-order valence-corrected chi connectivity index (χ0v) is 13.8. The van der Waals surface area contributed by atoms with E-state index >= 15 is 0 Å². The summed E-state index contributed by atoms with van der Waals surface area (Å²) in [7, 11) is 0. The number of nitrogens with one attached hydrogen (secondary N) is 1. The fourth-order valence-electron chi connectivity index (χ4n) is 2.28. The van der Waals surface area contributed by atoms with Crippen LogP contribution in [-0.2, 0) is 0 Å². The van der Waals surface area contributed by atoms with E-state index in [1.54, 1.807) is 17.2 Å². The van der Waals surface area contributed by atoms with Crippen LogP contribution in [0.15, 0.2) is 42.6 Å². The third-order valence-corrected chi connectivity index (χ3v) is 3.67. The first-order valence-electron chi connectivity index (χ1n) is 7.72. The number of carbonyl (C=O) groups is 1. The minimum absolute atomic E-state index is 0.232. The highest BCUT2D eigenvalue weighted by Crippen LogP contribution is 2.16. The van der Waals surface area contributed by atoms with Gasteiger partial charge in [-0.15, -0.1) is 0 Å². The van der Waals surface area contributed by atoms with Crippen LogP contribution >= 0.6 is 0 Å². The lowest BCUT2D eigenvalue weighted by Gasteiger charge is -2.24. The Labute approximate surface area is 137 Å². The Balaban J connectivity index is 2.01. The van der Waals surface area contributed by atoms with Crippen molar-refractivity contribution < 1.29 is 9.90 Å². The summed E-state index contributed by atoms with van der Waals surface area (Å²) in [5.74, 6) is 0. The first kappa shape index (κ1) is 17.0. The van der Waals surface area contributed by atoms with E-state index in [1.165, 1.54) is 0 Å². The molecule has 122 valence electrons. The van der Waals surface area contributed by atoms with E-state index in [2.05, 4.69) is 10.3 Å². The average molecular weight is 313 g/mol. The fraction of sp³-hybridized carbons (Fsp3) is 0.333. The smallest absolute Gasteiger partial charge is 0.321 e. The molecule has 2 rings (SSSR count). The molecule has 0 aliphatic rings. The Morgan fingerprint density at radius 3 is 2.57 bits per heavy atom. The number of anilines is 1. The molecule has 1 aromatic carbocycles. The number of hydrogen-bond donors (Lipinski definition) is 2. The second-order valence-electron chi connectivity index (χ2n) is 5.58. The maximum absolute atomic E-state index is 12.4. The third-order valence-electron chi connectivity index (χ3n) is 3.67. The summed E-state index contributed by atoms with van der Waals surface area (Å²) in [5.41, 5.74) is 3.48. The monoisotopic (exact) mass is 313 g/mol. The summed E-state index contributed by atoms with van der Waals surface area (Å²) in [6, 6.07) is 11.0. The van der Waals surface area contributed by atoms with Crippen molar-refractivity contribution in [1.29, 1.82) is 0 Å². The lowest BCUT2D eigenvalue weighted by molar-refractivity contribution is 0.128. The summed E-state index contributed by atoms with van der Waals surface area (Å²) in [5, 5.41) is 13.2. The molecule has 1 aromatic heterocycles. The largest absolute Gasteiger partial charge is 0.387 e.